The van der Waals surface area contributed by atoms with E-state index in [2.05, 4.69) is 5.32 Å². The Kier molecular flexibility index (Phi) is 3.05. The molecule has 0 spiro atoms. The summed E-state index contributed by atoms with van der Waals surface area (Å²) < 4.78 is 4.89. The molecule has 0 saturated carbocycles. The summed E-state index contributed by atoms with van der Waals surface area (Å²) in [5, 5.41) is 12.1. The molecule has 1 fully saturated rings. The number of rotatable bonds is 4. The molecule has 4 heteroatoms. The molecule has 1 aliphatic heterocycles. The minimum Gasteiger partial charge on any atom is -0.481 e. The monoisotopic (exact) mass is 173 g/mol. The van der Waals surface area contributed by atoms with Crippen LogP contribution in [0.2, 0.25) is 0 Å². The van der Waals surface area contributed by atoms with Crippen molar-refractivity contribution in [3.05, 3.63) is 0 Å². The Bertz CT molecular complexity index is 164. The lowest BCUT2D eigenvalue weighted by Crippen LogP contribution is -2.34. The molecule has 0 aromatic heterocycles. The third-order valence-electron chi connectivity index (χ3n) is 2.48. The molecule has 4 nitrogen and oxygen atoms in total. The van der Waals surface area contributed by atoms with Crippen LogP contribution in [0.3, 0.4) is 0 Å². The van der Waals surface area contributed by atoms with E-state index in [4.69, 9.17) is 9.84 Å². The molecule has 1 unspecified atom stereocenters. The van der Waals surface area contributed by atoms with Crippen LogP contribution in [-0.4, -0.2) is 37.9 Å². The molecular formula is C8H15NO3. The van der Waals surface area contributed by atoms with Crippen LogP contribution >= 0.6 is 0 Å². The van der Waals surface area contributed by atoms with Gasteiger partial charge in [0.2, 0.25) is 0 Å². The van der Waals surface area contributed by atoms with Gasteiger partial charge in [-0.3, -0.25) is 4.79 Å². The molecule has 1 aliphatic rings. The predicted molar refractivity (Wildman–Crippen MR) is 44.0 cm³/mol. The average molecular weight is 173 g/mol. The van der Waals surface area contributed by atoms with Crippen molar-refractivity contribution in [1.29, 1.82) is 0 Å². The zero-order valence-corrected chi connectivity index (χ0v) is 7.30. The SMILES string of the molecule is COCCC1(C(=O)O)CCNC1. The van der Waals surface area contributed by atoms with Gasteiger partial charge in [0.05, 0.1) is 5.41 Å². The first-order valence-corrected chi connectivity index (χ1v) is 4.14. The van der Waals surface area contributed by atoms with Crippen LogP contribution < -0.4 is 5.32 Å². The Morgan fingerprint density at radius 2 is 2.50 bits per heavy atom. The Morgan fingerprint density at radius 3 is 2.92 bits per heavy atom. The summed E-state index contributed by atoms with van der Waals surface area (Å²) >= 11 is 0. The van der Waals surface area contributed by atoms with Gasteiger partial charge in [0.15, 0.2) is 0 Å². The van der Waals surface area contributed by atoms with E-state index in [0.29, 0.717) is 26.0 Å². The van der Waals surface area contributed by atoms with Gasteiger partial charge in [-0.05, 0) is 19.4 Å². The minimum atomic E-state index is -0.704. The van der Waals surface area contributed by atoms with Crippen LogP contribution in [0.4, 0.5) is 0 Å². The quantitative estimate of drug-likeness (QED) is 0.632. The maximum absolute atomic E-state index is 10.9. The molecule has 1 saturated heterocycles. The van der Waals surface area contributed by atoms with Gasteiger partial charge < -0.3 is 15.2 Å². The summed E-state index contributed by atoms with van der Waals surface area (Å²) in [6.07, 6.45) is 1.32. The molecule has 0 aromatic carbocycles. The highest BCUT2D eigenvalue weighted by Crippen LogP contribution is 2.29. The first-order valence-electron chi connectivity index (χ1n) is 4.14. The lowest BCUT2D eigenvalue weighted by molar-refractivity contribution is -0.148. The number of methoxy groups -OCH3 is 1. The minimum absolute atomic E-state index is 0.522. The van der Waals surface area contributed by atoms with Crippen molar-refractivity contribution in [1.82, 2.24) is 5.32 Å². The number of hydrogen-bond acceptors (Lipinski definition) is 3. The molecule has 0 bridgehead atoms. The molecule has 0 amide bonds. The van der Waals surface area contributed by atoms with Gasteiger partial charge in [-0.2, -0.15) is 0 Å². The number of carboxylic acid groups (broad SMARTS) is 1. The lowest BCUT2D eigenvalue weighted by atomic mass is 9.84. The van der Waals surface area contributed by atoms with Crippen molar-refractivity contribution in [2.45, 2.75) is 12.8 Å². The Balaban J connectivity index is 2.53. The Labute approximate surface area is 71.9 Å². The molecule has 70 valence electrons. The van der Waals surface area contributed by atoms with E-state index >= 15 is 0 Å². The molecule has 12 heavy (non-hydrogen) atoms. The molecule has 1 heterocycles. The first kappa shape index (κ1) is 9.48. The normalized spacial score (nSPS) is 29.1. The summed E-state index contributed by atoms with van der Waals surface area (Å²) in [5.41, 5.74) is -0.573. The highest BCUT2D eigenvalue weighted by atomic mass is 16.5. The number of carbonyl (C=O) groups is 1. The van der Waals surface area contributed by atoms with Crippen molar-refractivity contribution in [3.8, 4) is 0 Å². The Hall–Kier alpha value is -0.610. The van der Waals surface area contributed by atoms with E-state index in [1.807, 2.05) is 0 Å². The number of ether oxygens (including phenoxy) is 1. The number of carboxylic acids is 1. The fourth-order valence-electron chi connectivity index (χ4n) is 1.54. The highest BCUT2D eigenvalue weighted by molar-refractivity contribution is 5.75. The van der Waals surface area contributed by atoms with E-state index in [9.17, 15) is 4.79 Å². The smallest absolute Gasteiger partial charge is 0.311 e. The van der Waals surface area contributed by atoms with Gasteiger partial charge in [0, 0.05) is 20.3 Å². The van der Waals surface area contributed by atoms with Crippen LogP contribution in [-0.2, 0) is 9.53 Å². The third kappa shape index (κ3) is 1.76. The molecule has 1 rings (SSSR count). The number of nitrogens with one attached hydrogen (secondary N) is 1. The lowest BCUT2D eigenvalue weighted by Gasteiger charge is -2.21. The van der Waals surface area contributed by atoms with Crippen molar-refractivity contribution < 1.29 is 14.6 Å². The van der Waals surface area contributed by atoms with Gasteiger partial charge in [-0.25, -0.2) is 0 Å². The van der Waals surface area contributed by atoms with Crippen molar-refractivity contribution in [3.63, 3.8) is 0 Å². The zero-order valence-electron chi connectivity index (χ0n) is 7.30. The second-order valence-corrected chi connectivity index (χ2v) is 3.26. The highest BCUT2D eigenvalue weighted by Gasteiger charge is 2.40. The summed E-state index contributed by atoms with van der Waals surface area (Å²) in [6, 6.07) is 0. The molecule has 1 atom stereocenters. The summed E-state index contributed by atoms with van der Waals surface area (Å²) in [4.78, 5) is 10.9. The van der Waals surface area contributed by atoms with Crippen molar-refractivity contribution >= 4 is 5.97 Å². The van der Waals surface area contributed by atoms with E-state index in [1.54, 1.807) is 7.11 Å². The second-order valence-electron chi connectivity index (χ2n) is 3.26. The molecule has 0 aliphatic carbocycles. The van der Waals surface area contributed by atoms with Gasteiger partial charge >= 0.3 is 5.97 Å². The van der Waals surface area contributed by atoms with Gasteiger partial charge in [0.25, 0.3) is 0 Å². The fraction of sp³-hybridized carbons (Fsp3) is 0.875. The molecule has 0 aromatic rings. The summed E-state index contributed by atoms with van der Waals surface area (Å²) in [5.74, 6) is -0.704. The molecular weight excluding hydrogens is 158 g/mol. The molecule has 0 radical (unpaired) electrons. The predicted octanol–water partition coefficient (Wildman–Crippen LogP) is 0.0872. The van der Waals surface area contributed by atoms with Crippen LogP contribution in [0.15, 0.2) is 0 Å². The van der Waals surface area contributed by atoms with Gasteiger partial charge in [0.1, 0.15) is 0 Å². The van der Waals surface area contributed by atoms with Crippen LogP contribution in [0.25, 0.3) is 0 Å². The fourth-order valence-corrected chi connectivity index (χ4v) is 1.54. The Morgan fingerprint density at radius 1 is 1.75 bits per heavy atom. The van der Waals surface area contributed by atoms with E-state index in [-0.39, 0.29) is 0 Å². The third-order valence-corrected chi connectivity index (χ3v) is 2.48. The maximum Gasteiger partial charge on any atom is 0.311 e. The second kappa shape index (κ2) is 3.87. The summed E-state index contributed by atoms with van der Waals surface area (Å²) in [7, 11) is 1.60. The van der Waals surface area contributed by atoms with E-state index in [1.165, 1.54) is 0 Å². The van der Waals surface area contributed by atoms with Crippen molar-refractivity contribution in [2.75, 3.05) is 26.8 Å². The van der Waals surface area contributed by atoms with Gasteiger partial charge in [-0.1, -0.05) is 0 Å². The average Bonchev–Trinajstić information content (AvgIpc) is 2.50. The van der Waals surface area contributed by atoms with E-state index in [0.717, 1.165) is 6.54 Å². The van der Waals surface area contributed by atoms with Crippen LogP contribution in [0, 0.1) is 5.41 Å². The summed E-state index contributed by atoms with van der Waals surface area (Å²) in [6.45, 7) is 1.90. The van der Waals surface area contributed by atoms with Crippen LogP contribution in [0.5, 0.6) is 0 Å². The van der Waals surface area contributed by atoms with Crippen molar-refractivity contribution in [2.24, 2.45) is 5.41 Å². The molecule has 2 N–H and O–H groups in total. The topological polar surface area (TPSA) is 58.6 Å². The van der Waals surface area contributed by atoms with Gasteiger partial charge in [-0.15, -0.1) is 0 Å². The number of aliphatic carboxylic acids is 1. The first-order chi connectivity index (χ1) is 5.71. The maximum atomic E-state index is 10.9. The van der Waals surface area contributed by atoms with E-state index < -0.39 is 11.4 Å². The largest absolute Gasteiger partial charge is 0.481 e. The number of hydrogen-bond donors (Lipinski definition) is 2. The zero-order chi connectivity index (χ0) is 9.03. The van der Waals surface area contributed by atoms with Crippen LogP contribution in [0.1, 0.15) is 12.8 Å². The standard InChI is InChI=1S/C8H15NO3/c1-12-5-3-8(7(10)11)2-4-9-6-8/h9H,2-6H2,1H3,(H,10,11).